The molecule has 1 aliphatic carbocycles. The number of primary amides is 1. The third-order valence-corrected chi connectivity index (χ3v) is 7.13. The highest BCUT2D eigenvalue weighted by molar-refractivity contribution is 5.95. The molecule has 186 valence electrons. The van der Waals surface area contributed by atoms with Crippen LogP contribution in [0.4, 0.5) is 4.39 Å². The number of hydrogen-bond donors (Lipinski definition) is 1. The first-order valence-corrected chi connectivity index (χ1v) is 12.0. The largest absolute Gasteiger partial charge is 0.365 e. The molecule has 5 rings (SSSR count). The third kappa shape index (κ3) is 4.64. The van der Waals surface area contributed by atoms with Crippen molar-refractivity contribution < 1.29 is 14.0 Å². The van der Waals surface area contributed by atoms with E-state index in [-0.39, 0.29) is 42.3 Å². The van der Waals surface area contributed by atoms with Crippen LogP contribution in [0.1, 0.15) is 47.3 Å². The van der Waals surface area contributed by atoms with Crippen LogP contribution in [0.15, 0.2) is 42.9 Å². The van der Waals surface area contributed by atoms with Crippen LogP contribution in [-0.2, 0) is 23.3 Å². The molecule has 2 aliphatic rings. The van der Waals surface area contributed by atoms with Crippen molar-refractivity contribution in [3.8, 4) is 11.8 Å². The number of benzene rings is 1. The van der Waals surface area contributed by atoms with Crippen molar-refractivity contribution in [1.82, 2.24) is 29.7 Å². The molecule has 1 saturated carbocycles. The van der Waals surface area contributed by atoms with Crippen molar-refractivity contribution >= 4 is 11.7 Å². The van der Waals surface area contributed by atoms with Crippen molar-refractivity contribution in [2.75, 3.05) is 13.1 Å². The number of aromatic nitrogens is 5. The summed E-state index contributed by atoms with van der Waals surface area (Å²) in [5.74, 6) is -0.697. The van der Waals surface area contributed by atoms with Crippen molar-refractivity contribution in [2.45, 2.75) is 50.4 Å². The van der Waals surface area contributed by atoms with E-state index in [1.807, 2.05) is 29.2 Å². The van der Waals surface area contributed by atoms with Crippen molar-refractivity contribution in [3.63, 3.8) is 0 Å². The predicted octanol–water partition coefficient (Wildman–Crippen LogP) is 1.94. The number of halogens is 1. The molecule has 2 N–H and O–H groups in total. The quantitative estimate of drug-likeness (QED) is 0.484. The van der Waals surface area contributed by atoms with Gasteiger partial charge >= 0.3 is 0 Å². The van der Waals surface area contributed by atoms with Gasteiger partial charge in [-0.2, -0.15) is 25.4 Å². The maximum atomic E-state index is 15.9. The van der Waals surface area contributed by atoms with E-state index >= 15 is 4.39 Å². The number of nitriles is 1. The van der Waals surface area contributed by atoms with Crippen LogP contribution >= 0.6 is 0 Å². The highest BCUT2D eigenvalue weighted by Crippen LogP contribution is 2.37. The van der Waals surface area contributed by atoms with Crippen molar-refractivity contribution in [2.24, 2.45) is 11.7 Å². The Balaban J connectivity index is 1.33. The van der Waals surface area contributed by atoms with Crippen LogP contribution in [0, 0.1) is 17.2 Å². The minimum absolute atomic E-state index is 0.00554. The summed E-state index contributed by atoms with van der Waals surface area (Å²) >= 11 is 0. The van der Waals surface area contributed by atoms with E-state index < -0.39 is 17.6 Å². The zero-order valence-corrected chi connectivity index (χ0v) is 19.8. The molecule has 0 spiro atoms. The number of carbonyl (C=O) groups is 2. The summed E-state index contributed by atoms with van der Waals surface area (Å²) in [7, 11) is 0. The third-order valence-electron chi connectivity index (χ3n) is 7.13. The zero-order chi connectivity index (χ0) is 25.3. The smallest absolute Gasteiger partial charge is 0.252 e. The van der Waals surface area contributed by atoms with Crippen LogP contribution in [0.3, 0.4) is 0 Å². The molecule has 2 unspecified atom stereocenters. The summed E-state index contributed by atoms with van der Waals surface area (Å²) in [5, 5.41) is 22.2. The molecule has 3 aromatic rings. The first-order valence-electron chi connectivity index (χ1n) is 12.0. The van der Waals surface area contributed by atoms with Gasteiger partial charge in [-0.3, -0.25) is 19.2 Å². The van der Waals surface area contributed by atoms with Gasteiger partial charge in [-0.25, -0.2) is 4.39 Å². The van der Waals surface area contributed by atoms with Gasteiger partial charge in [-0.15, -0.1) is 0 Å². The van der Waals surface area contributed by atoms with Gasteiger partial charge in [0.1, 0.15) is 17.5 Å². The number of Topliss-reactive ketones (excluding diaryl/α,β-unsaturated/α-hetero) is 1. The van der Waals surface area contributed by atoms with E-state index in [2.05, 4.69) is 21.4 Å². The minimum atomic E-state index is -1.41. The summed E-state index contributed by atoms with van der Waals surface area (Å²) in [5.41, 5.74) is 6.54. The minimum Gasteiger partial charge on any atom is -0.365 e. The number of alkyl halides is 1. The van der Waals surface area contributed by atoms with E-state index in [1.54, 1.807) is 12.4 Å². The van der Waals surface area contributed by atoms with Gasteiger partial charge in [0.25, 0.3) is 5.91 Å². The molecule has 0 bridgehead atoms. The topological polar surface area (TPSA) is 136 Å². The average molecular weight is 491 g/mol. The number of carbonyl (C=O) groups excluding carboxylic acids is 2. The molecule has 2 fully saturated rings. The van der Waals surface area contributed by atoms with E-state index in [4.69, 9.17) is 5.73 Å². The van der Waals surface area contributed by atoms with E-state index in [0.717, 1.165) is 24.1 Å². The molecule has 1 amide bonds. The molecule has 1 aliphatic heterocycles. The van der Waals surface area contributed by atoms with E-state index in [9.17, 15) is 14.9 Å². The number of nitrogens with zero attached hydrogens (tertiary/aromatic N) is 7. The molecular formula is C25H27FN8O2. The van der Waals surface area contributed by atoms with Gasteiger partial charge in [0.2, 0.25) is 0 Å². The Bertz CT molecular complexity index is 1290. The predicted molar refractivity (Wildman–Crippen MR) is 127 cm³/mol. The summed E-state index contributed by atoms with van der Waals surface area (Å²) in [4.78, 5) is 28.0. The number of ketones is 1. The molecule has 2 atom stereocenters. The number of hydrogen-bond acceptors (Lipinski definition) is 7. The highest BCUT2D eigenvalue weighted by Gasteiger charge is 2.46. The Morgan fingerprint density at radius 3 is 2.53 bits per heavy atom. The summed E-state index contributed by atoms with van der Waals surface area (Å²) in [6.07, 6.45) is 5.12. The van der Waals surface area contributed by atoms with Gasteiger partial charge in [-0.05, 0) is 37.0 Å². The Labute approximate surface area is 207 Å². The molecule has 11 heteroatoms. The molecule has 3 heterocycles. The molecule has 1 aromatic carbocycles. The normalized spacial score (nSPS) is 22.3. The fourth-order valence-electron chi connectivity index (χ4n) is 4.85. The Hall–Kier alpha value is -3.91. The molecule has 10 nitrogen and oxygen atoms in total. The van der Waals surface area contributed by atoms with Gasteiger partial charge in [-0.1, -0.05) is 12.1 Å². The van der Waals surface area contributed by atoms with Crippen LogP contribution < -0.4 is 5.73 Å². The first-order chi connectivity index (χ1) is 17.4. The fourth-order valence-corrected chi connectivity index (χ4v) is 4.85. The number of nitrogens with two attached hydrogens (primary N) is 1. The second-order valence-electron chi connectivity index (χ2n) is 9.59. The van der Waals surface area contributed by atoms with Crippen molar-refractivity contribution in [3.05, 3.63) is 59.7 Å². The van der Waals surface area contributed by atoms with Gasteiger partial charge in [0.15, 0.2) is 0 Å². The van der Waals surface area contributed by atoms with E-state index in [1.165, 1.54) is 15.7 Å². The molecule has 2 aromatic heterocycles. The summed E-state index contributed by atoms with van der Waals surface area (Å²) in [6.45, 7) is 1.18. The number of likely N-dealkylation sites (tertiary alicyclic amines) is 1. The van der Waals surface area contributed by atoms with Crippen LogP contribution in [0.2, 0.25) is 0 Å². The maximum Gasteiger partial charge on any atom is 0.252 e. The lowest BCUT2D eigenvalue weighted by Gasteiger charge is -2.43. The second kappa shape index (κ2) is 9.62. The Morgan fingerprint density at radius 2 is 1.92 bits per heavy atom. The van der Waals surface area contributed by atoms with Crippen LogP contribution in [0.5, 0.6) is 0 Å². The monoisotopic (exact) mass is 490 g/mol. The summed E-state index contributed by atoms with van der Waals surface area (Å²) in [6, 6.07) is 9.83. The molecule has 36 heavy (non-hydrogen) atoms. The average Bonchev–Trinajstić information content (AvgIpc) is 3.40. The van der Waals surface area contributed by atoms with Crippen LogP contribution in [0.25, 0.3) is 5.69 Å². The number of rotatable bonds is 9. The lowest BCUT2D eigenvalue weighted by atomic mass is 9.83. The lowest BCUT2D eigenvalue weighted by molar-refractivity contribution is -0.119. The standard InChI is InChI=1S/C25H27FN8O2/c26-23-16-32(14-17-1-5-19(6-2-17)34-29-10-11-30-34)12-8-25(23,7-9-27)33-15-20(24(28)36)21(31-33)13-22(35)18-3-4-18/h1-2,5-6,10-11,15,18,23H,3-4,7-8,12-14,16H2,(H2,28,36). The van der Waals surface area contributed by atoms with Gasteiger partial charge in [0.05, 0.1) is 48.2 Å². The fraction of sp³-hybridized carbons (Fsp3) is 0.440. The molecule has 1 saturated heterocycles. The first kappa shape index (κ1) is 23.8. The maximum absolute atomic E-state index is 15.9. The molecule has 0 radical (unpaired) electrons. The Kier molecular flexibility index (Phi) is 6.36. The van der Waals surface area contributed by atoms with Crippen molar-refractivity contribution in [1.29, 1.82) is 5.26 Å². The summed E-state index contributed by atoms with van der Waals surface area (Å²) < 4.78 is 17.3. The van der Waals surface area contributed by atoms with Gasteiger partial charge < -0.3 is 5.73 Å². The second-order valence-corrected chi connectivity index (χ2v) is 9.59. The van der Waals surface area contributed by atoms with Crippen LogP contribution in [-0.4, -0.2) is 60.6 Å². The van der Waals surface area contributed by atoms with Gasteiger partial charge in [0, 0.05) is 31.7 Å². The SMILES string of the molecule is N#CCC1(n2cc(C(N)=O)c(CC(=O)C3CC3)n2)CCN(Cc2ccc(-n3nccn3)cc2)CC1F. The number of amides is 1. The zero-order valence-electron chi connectivity index (χ0n) is 19.8. The Morgan fingerprint density at radius 1 is 1.19 bits per heavy atom. The van der Waals surface area contributed by atoms with E-state index in [0.29, 0.717) is 19.5 Å². The highest BCUT2D eigenvalue weighted by atomic mass is 19.1. The molecular weight excluding hydrogens is 463 g/mol. The number of piperidine rings is 1. The lowest BCUT2D eigenvalue weighted by Crippen LogP contribution is -2.54.